The van der Waals surface area contributed by atoms with Crippen molar-refractivity contribution >= 4 is 40.1 Å². The Morgan fingerprint density at radius 2 is 2.00 bits per heavy atom. The number of rotatable bonds is 12. The number of aromatic nitrogens is 2. The van der Waals surface area contributed by atoms with E-state index in [1.807, 2.05) is 42.5 Å². The Balaban J connectivity index is 1.64. The number of aliphatic carboxylic acids is 1. The lowest BCUT2D eigenvalue weighted by molar-refractivity contribution is -0.137. The SMILES string of the molecule is CCCC=C(C=CCCl)c1nc2ccc(C(=O)NC3COc4ccccc43)cc2nc1CCCCC(=O)O. The monoisotopic (exact) mass is 533 g/mol. The molecule has 1 aliphatic heterocycles. The van der Waals surface area contributed by atoms with Gasteiger partial charge >= 0.3 is 5.97 Å². The van der Waals surface area contributed by atoms with Gasteiger partial charge in [-0.2, -0.15) is 0 Å². The van der Waals surface area contributed by atoms with E-state index in [2.05, 4.69) is 18.3 Å². The second-order valence-electron chi connectivity index (χ2n) is 9.20. The van der Waals surface area contributed by atoms with Gasteiger partial charge < -0.3 is 15.2 Å². The van der Waals surface area contributed by atoms with Crippen LogP contribution >= 0.6 is 11.6 Å². The van der Waals surface area contributed by atoms with E-state index in [0.29, 0.717) is 48.3 Å². The zero-order valence-corrected chi connectivity index (χ0v) is 22.2. The summed E-state index contributed by atoms with van der Waals surface area (Å²) in [5.41, 5.74) is 5.24. The molecule has 0 spiro atoms. The smallest absolute Gasteiger partial charge is 0.303 e. The van der Waals surface area contributed by atoms with Crippen molar-refractivity contribution in [1.82, 2.24) is 15.3 Å². The Morgan fingerprint density at radius 1 is 1.16 bits per heavy atom. The maximum atomic E-state index is 13.1. The van der Waals surface area contributed by atoms with Crippen LogP contribution in [0.25, 0.3) is 16.6 Å². The number of ether oxygens (including phenoxy) is 1. The minimum absolute atomic E-state index is 0.110. The molecule has 2 aromatic carbocycles. The van der Waals surface area contributed by atoms with E-state index in [1.165, 1.54) is 0 Å². The van der Waals surface area contributed by atoms with Gasteiger partial charge in [0.1, 0.15) is 12.4 Å². The summed E-state index contributed by atoms with van der Waals surface area (Å²) in [6, 6.07) is 12.8. The number of amides is 1. The summed E-state index contributed by atoms with van der Waals surface area (Å²) in [5, 5.41) is 12.1. The van der Waals surface area contributed by atoms with Gasteiger partial charge in [0.2, 0.25) is 0 Å². The van der Waals surface area contributed by atoms with Crippen LogP contribution in [0.3, 0.4) is 0 Å². The van der Waals surface area contributed by atoms with E-state index in [0.717, 1.165) is 41.1 Å². The van der Waals surface area contributed by atoms with Crippen molar-refractivity contribution in [2.75, 3.05) is 12.5 Å². The molecule has 1 aromatic heterocycles. The maximum Gasteiger partial charge on any atom is 0.303 e. The number of fused-ring (bicyclic) bond motifs is 2. The number of unbranched alkanes of at least 4 members (excludes halogenated alkanes) is 2. The predicted octanol–water partition coefficient (Wildman–Crippen LogP) is 6.27. The summed E-state index contributed by atoms with van der Waals surface area (Å²) >= 11 is 5.92. The highest BCUT2D eigenvalue weighted by molar-refractivity contribution is 6.19. The zero-order valence-electron chi connectivity index (χ0n) is 21.5. The minimum atomic E-state index is -0.811. The van der Waals surface area contributed by atoms with Crippen molar-refractivity contribution in [2.45, 2.75) is 51.5 Å². The average molecular weight is 534 g/mol. The number of allylic oxidation sites excluding steroid dienone is 4. The van der Waals surface area contributed by atoms with Crippen LogP contribution in [0.1, 0.15) is 72.4 Å². The summed E-state index contributed by atoms with van der Waals surface area (Å²) < 4.78 is 5.69. The van der Waals surface area contributed by atoms with Gasteiger partial charge in [-0.3, -0.25) is 9.59 Å². The predicted molar refractivity (Wildman–Crippen MR) is 150 cm³/mol. The Bertz CT molecular complexity index is 1370. The van der Waals surface area contributed by atoms with Crippen LogP contribution in [-0.4, -0.2) is 39.4 Å². The summed E-state index contributed by atoms with van der Waals surface area (Å²) in [4.78, 5) is 34.0. The molecule has 1 unspecified atom stereocenters. The van der Waals surface area contributed by atoms with Gasteiger partial charge in [0.15, 0.2) is 0 Å². The molecule has 0 fully saturated rings. The van der Waals surface area contributed by atoms with Crippen molar-refractivity contribution in [3.8, 4) is 5.75 Å². The number of benzene rings is 2. The fourth-order valence-corrected chi connectivity index (χ4v) is 4.53. The van der Waals surface area contributed by atoms with Crippen molar-refractivity contribution in [3.05, 3.63) is 83.2 Å². The van der Waals surface area contributed by atoms with Crippen LogP contribution in [0, 0.1) is 0 Å². The van der Waals surface area contributed by atoms with Crippen molar-refractivity contribution in [2.24, 2.45) is 0 Å². The molecule has 0 saturated heterocycles. The van der Waals surface area contributed by atoms with Gasteiger partial charge in [0, 0.05) is 23.4 Å². The highest BCUT2D eigenvalue weighted by Gasteiger charge is 2.25. The number of carboxylic acid groups (broad SMARTS) is 1. The number of nitrogens with zero attached hydrogens (tertiary/aromatic N) is 2. The first-order valence-corrected chi connectivity index (χ1v) is 13.5. The van der Waals surface area contributed by atoms with Crippen LogP contribution in [-0.2, 0) is 11.2 Å². The zero-order chi connectivity index (χ0) is 26.9. The number of carboxylic acids is 1. The highest BCUT2D eigenvalue weighted by atomic mass is 35.5. The third-order valence-corrected chi connectivity index (χ3v) is 6.55. The number of aryl methyl sites for hydroxylation is 1. The largest absolute Gasteiger partial charge is 0.491 e. The summed E-state index contributed by atoms with van der Waals surface area (Å²) in [7, 11) is 0. The van der Waals surface area contributed by atoms with Gasteiger partial charge in [0.25, 0.3) is 5.91 Å². The molecular weight excluding hydrogens is 502 g/mol. The summed E-state index contributed by atoms with van der Waals surface area (Å²) in [6.45, 7) is 2.51. The molecule has 2 N–H and O–H groups in total. The molecular formula is C30H32ClN3O4. The topological polar surface area (TPSA) is 101 Å². The average Bonchev–Trinajstić information content (AvgIpc) is 3.33. The third kappa shape index (κ3) is 6.78. The lowest BCUT2D eigenvalue weighted by Crippen LogP contribution is -2.29. The van der Waals surface area contributed by atoms with E-state index in [9.17, 15) is 9.59 Å². The first-order chi connectivity index (χ1) is 18.5. The van der Waals surface area contributed by atoms with Crippen molar-refractivity contribution in [1.29, 1.82) is 0 Å². The quantitative estimate of drug-likeness (QED) is 0.162. The van der Waals surface area contributed by atoms with E-state index >= 15 is 0 Å². The van der Waals surface area contributed by atoms with Crippen LogP contribution in [0.15, 0.2) is 60.7 Å². The number of alkyl halides is 1. The van der Waals surface area contributed by atoms with Gasteiger partial charge in [-0.15, -0.1) is 11.6 Å². The van der Waals surface area contributed by atoms with Gasteiger partial charge in [-0.05, 0) is 55.5 Å². The first-order valence-electron chi connectivity index (χ1n) is 13.0. The van der Waals surface area contributed by atoms with E-state index in [4.69, 9.17) is 31.4 Å². The lowest BCUT2D eigenvalue weighted by Gasteiger charge is -2.14. The molecule has 0 saturated carbocycles. The molecule has 0 radical (unpaired) electrons. The summed E-state index contributed by atoms with van der Waals surface area (Å²) in [5.74, 6) is 0.152. The molecule has 2 heterocycles. The Morgan fingerprint density at radius 3 is 2.79 bits per heavy atom. The van der Waals surface area contributed by atoms with Crippen LogP contribution in [0.2, 0.25) is 0 Å². The van der Waals surface area contributed by atoms with Gasteiger partial charge in [-0.25, -0.2) is 9.97 Å². The Hall–Kier alpha value is -3.71. The van der Waals surface area contributed by atoms with E-state index < -0.39 is 5.97 Å². The number of hydrogen-bond donors (Lipinski definition) is 2. The second kappa shape index (κ2) is 13.2. The number of nitrogens with one attached hydrogen (secondary N) is 1. The first kappa shape index (κ1) is 27.3. The van der Waals surface area contributed by atoms with Crippen molar-refractivity contribution in [3.63, 3.8) is 0 Å². The molecule has 3 aromatic rings. The molecule has 8 heteroatoms. The fraction of sp³-hybridized carbons (Fsp3) is 0.333. The van der Waals surface area contributed by atoms with Crippen LogP contribution in [0.4, 0.5) is 0 Å². The maximum absolute atomic E-state index is 13.1. The number of para-hydroxylation sites is 1. The highest BCUT2D eigenvalue weighted by Crippen LogP contribution is 2.32. The number of carbonyl (C=O) groups excluding carboxylic acids is 1. The van der Waals surface area contributed by atoms with E-state index in [1.54, 1.807) is 12.1 Å². The van der Waals surface area contributed by atoms with Gasteiger partial charge in [0.05, 0.1) is 28.5 Å². The second-order valence-corrected chi connectivity index (χ2v) is 9.51. The standard InChI is InChI=1S/C30H32ClN3O4/c1-2-3-9-20(10-8-17-31)29-24(12-5-7-14-28(35)36)32-25-18-21(15-16-23(25)33-29)30(37)34-26-19-38-27-13-6-4-11-22(26)27/h4,6,8-11,13,15-16,18,26H,2-3,5,7,12,14,17,19H2,1H3,(H,34,37)(H,35,36). The van der Waals surface area contributed by atoms with Crippen LogP contribution < -0.4 is 10.1 Å². The number of carbonyl (C=O) groups is 2. The molecule has 198 valence electrons. The molecule has 0 aliphatic carbocycles. The molecule has 1 amide bonds. The lowest BCUT2D eigenvalue weighted by atomic mass is 10.0. The number of hydrogen-bond acceptors (Lipinski definition) is 5. The molecule has 0 bridgehead atoms. The molecule has 4 rings (SSSR count). The molecule has 38 heavy (non-hydrogen) atoms. The Labute approximate surface area is 227 Å². The molecule has 7 nitrogen and oxygen atoms in total. The number of halogens is 1. The minimum Gasteiger partial charge on any atom is -0.491 e. The van der Waals surface area contributed by atoms with Crippen LogP contribution in [0.5, 0.6) is 5.75 Å². The third-order valence-electron chi connectivity index (χ3n) is 6.37. The van der Waals surface area contributed by atoms with Crippen molar-refractivity contribution < 1.29 is 19.4 Å². The Kier molecular flexibility index (Phi) is 9.49. The van der Waals surface area contributed by atoms with E-state index in [-0.39, 0.29) is 18.4 Å². The normalized spacial score (nSPS) is 15.0. The van der Waals surface area contributed by atoms with Gasteiger partial charge in [-0.1, -0.05) is 49.8 Å². The fourth-order valence-electron chi connectivity index (χ4n) is 4.44. The summed E-state index contributed by atoms with van der Waals surface area (Å²) in [6.07, 6.45) is 9.74. The molecule has 1 aliphatic rings. The molecule has 1 atom stereocenters.